The van der Waals surface area contributed by atoms with E-state index in [9.17, 15) is 28.8 Å². The Balaban J connectivity index is 1.91. The highest BCUT2D eigenvalue weighted by Crippen LogP contribution is 2.13. The summed E-state index contributed by atoms with van der Waals surface area (Å²) in [7, 11) is 0. The van der Waals surface area contributed by atoms with Crippen molar-refractivity contribution in [1.29, 1.82) is 0 Å². The van der Waals surface area contributed by atoms with E-state index in [0.29, 0.717) is 17.8 Å². The Morgan fingerprint density at radius 3 is 1.45 bits per heavy atom. The molecule has 0 bridgehead atoms. The average Bonchev–Trinajstić information content (AvgIpc) is 3.86. The van der Waals surface area contributed by atoms with Crippen molar-refractivity contribution in [3.05, 3.63) is 36.4 Å². The Bertz CT molecular complexity index is 1430. The summed E-state index contributed by atoms with van der Waals surface area (Å²) in [6, 6.07) is -4.93. The average molecular weight is 770 g/mol. The molecule has 0 spiro atoms. The molecule has 0 aromatic carbocycles. The molecule has 2 aromatic rings. The topological polar surface area (TPSA) is 220 Å². The zero-order valence-electron chi connectivity index (χ0n) is 33.9. The number of ketones is 1. The maximum absolute atomic E-state index is 13.5. The smallest absolute Gasteiger partial charge is 0.243 e. The zero-order chi connectivity index (χ0) is 40.6. The summed E-state index contributed by atoms with van der Waals surface area (Å²) in [5, 5.41) is 13.5. The number of hydrogen-bond acceptors (Lipinski definition) is 8. The number of aromatic amines is 2. The molecule has 308 valence electrons. The van der Waals surface area contributed by atoms with E-state index < -0.39 is 59.8 Å². The third kappa shape index (κ3) is 19.0. The van der Waals surface area contributed by atoms with Crippen LogP contribution in [-0.2, 0) is 41.6 Å². The molecule has 0 radical (unpaired) electrons. The normalized spacial score (nSPS) is 13.9. The SMILES string of the molecule is CCCCCCCCCCCCCCCC(=O)N[C@@H](Cc1cnc[nH]1)C(=O)N[C@H](C)C(=O)N[C@H](C(=O)N[C@@H](Cc1cnc[nH]1)C(=O)N[C@@H](C)C(C)=O)C(C)C. The number of unbranched alkanes of at least 4 members (excludes halogenated alkanes) is 12. The Labute approximate surface area is 326 Å². The van der Waals surface area contributed by atoms with Crippen molar-refractivity contribution in [2.24, 2.45) is 5.92 Å². The van der Waals surface area contributed by atoms with E-state index in [0.717, 1.165) is 25.7 Å². The van der Waals surface area contributed by atoms with E-state index in [-0.39, 0.29) is 24.5 Å². The van der Waals surface area contributed by atoms with Crippen LogP contribution in [0.3, 0.4) is 0 Å². The summed E-state index contributed by atoms with van der Waals surface area (Å²) >= 11 is 0. The van der Waals surface area contributed by atoms with Gasteiger partial charge in [0.1, 0.15) is 24.2 Å². The van der Waals surface area contributed by atoms with Crippen molar-refractivity contribution in [3.8, 4) is 0 Å². The molecule has 0 aliphatic rings. The van der Waals surface area contributed by atoms with E-state index in [4.69, 9.17) is 0 Å². The molecule has 55 heavy (non-hydrogen) atoms. The maximum atomic E-state index is 13.5. The Morgan fingerprint density at radius 2 is 1.02 bits per heavy atom. The number of rotatable bonds is 29. The van der Waals surface area contributed by atoms with Gasteiger partial charge in [0.2, 0.25) is 29.5 Å². The van der Waals surface area contributed by atoms with Crippen molar-refractivity contribution >= 4 is 35.3 Å². The highest BCUT2D eigenvalue weighted by Gasteiger charge is 2.32. The van der Waals surface area contributed by atoms with Crippen LogP contribution in [0.15, 0.2) is 25.0 Å². The van der Waals surface area contributed by atoms with Crippen LogP contribution in [0.1, 0.15) is 143 Å². The quantitative estimate of drug-likeness (QED) is 0.0596. The van der Waals surface area contributed by atoms with E-state index in [1.54, 1.807) is 27.0 Å². The molecule has 2 heterocycles. The predicted molar refractivity (Wildman–Crippen MR) is 211 cm³/mol. The molecule has 5 amide bonds. The number of amides is 5. The number of nitrogens with one attached hydrogen (secondary N) is 7. The number of carbonyl (C=O) groups excluding carboxylic acids is 6. The fourth-order valence-electron chi connectivity index (χ4n) is 6.09. The van der Waals surface area contributed by atoms with Crippen molar-refractivity contribution < 1.29 is 28.8 Å². The Morgan fingerprint density at radius 1 is 0.564 bits per heavy atom. The van der Waals surface area contributed by atoms with Gasteiger partial charge in [-0.25, -0.2) is 9.97 Å². The van der Waals surface area contributed by atoms with Gasteiger partial charge in [-0.2, -0.15) is 0 Å². The second kappa shape index (κ2) is 26.3. The zero-order valence-corrected chi connectivity index (χ0v) is 33.9. The summed E-state index contributed by atoms with van der Waals surface area (Å²) in [6.07, 6.45) is 22.1. The molecule has 7 N–H and O–H groups in total. The number of Topliss-reactive ketones (excluding diaryl/α,β-unsaturated/α-hetero) is 1. The predicted octanol–water partition coefficient (Wildman–Crippen LogP) is 4.11. The first-order valence-electron chi connectivity index (χ1n) is 20.3. The number of aromatic nitrogens is 4. The maximum Gasteiger partial charge on any atom is 0.243 e. The number of carbonyl (C=O) groups is 6. The Kier molecular flexibility index (Phi) is 22.3. The van der Waals surface area contributed by atoms with Gasteiger partial charge in [0, 0.05) is 43.0 Å². The molecular formula is C40H67N9O6. The first kappa shape index (κ1) is 46.6. The number of H-pyrrole nitrogens is 2. The molecule has 0 saturated heterocycles. The fourth-order valence-corrected chi connectivity index (χ4v) is 6.09. The fraction of sp³-hybridized carbons (Fsp3) is 0.700. The van der Waals surface area contributed by atoms with Gasteiger partial charge in [-0.1, -0.05) is 97.8 Å². The molecule has 0 fully saturated rings. The molecule has 2 aromatic heterocycles. The molecule has 0 aliphatic heterocycles. The van der Waals surface area contributed by atoms with E-state index >= 15 is 0 Å². The highest BCUT2D eigenvalue weighted by molar-refractivity contribution is 5.96. The monoisotopic (exact) mass is 770 g/mol. The third-order valence-electron chi connectivity index (χ3n) is 9.72. The Hall–Kier alpha value is -4.56. The lowest BCUT2D eigenvalue weighted by molar-refractivity contribution is -0.135. The van der Waals surface area contributed by atoms with E-state index in [2.05, 4.69) is 53.4 Å². The molecule has 5 atom stereocenters. The molecule has 0 aliphatic carbocycles. The van der Waals surface area contributed by atoms with E-state index in [1.807, 2.05) is 0 Å². The second-order valence-corrected chi connectivity index (χ2v) is 15.0. The lowest BCUT2D eigenvalue weighted by atomic mass is 10.0. The molecular weight excluding hydrogens is 702 g/mol. The van der Waals surface area contributed by atoms with Crippen LogP contribution in [0.2, 0.25) is 0 Å². The molecule has 2 rings (SSSR count). The summed E-state index contributed by atoms with van der Waals surface area (Å²) in [5.74, 6) is -3.25. The first-order valence-corrected chi connectivity index (χ1v) is 20.3. The van der Waals surface area contributed by atoms with Crippen LogP contribution in [0.5, 0.6) is 0 Å². The minimum atomic E-state index is -1.07. The van der Waals surface area contributed by atoms with Gasteiger partial charge in [-0.3, -0.25) is 28.8 Å². The van der Waals surface area contributed by atoms with Crippen LogP contribution < -0.4 is 26.6 Å². The van der Waals surface area contributed by atoms with Gasteiger partial charge in [-0.15, -0.1) is 0 Å². The second-order valence-electron chi connectivity index (χ2n) is 15.0. The number of nitrogens with zero attached hydrogens (tertiary/aromatic N) is 2. The molecule has 15 heteroatoms. The summed E-state index contributed by atoms with van der Waals surface area (Å²) in [6.45, 7) is 10.1. The molecule has 15 nitrogen and oxygen atoms in total. The number of hydrogen-bond donors (Lipinski definition) is 7. The third-order valence-corrected chi connectivity index (χ3v) is 9.72. The minimum absolute atomic E-state index is 0.0657. The standard InChI is InChI=1S/C40H67N9O6/c1-7-8-9-10-11-12-13-14-15-16-17-18-19-20-35(51)47-33(21-31-23-41-25-43-31)38(53)46-29(5)37(52)49-36(27(2)3)40(55)48-34(22-32-24-42-26-44-32)39(54)45-28(4)30(6)50/h23-29,33-34,36H,7-22H2,1-6H3,(H,41,43)(H,42,44)(H,45,54)(H,46,53)(H,47,51)(H,48,55)(H,49,52)/t28-,29+,33-,34-,36-/m0/s1. The van der Waals surface area contributed by atoms with Crippen LogP contribution >= 0.6 is 0 Å². The summed E-state index contributed by atoms with van der Waals surface area (Å²) < 4.78 is 0. The van der Waals surface area contributed by atoms with Crippen LogP contribution in [-0.4, -0.2) is 85.5 Å². The van der Waals surface area contributed by atoms with Gasteiger partial charge < -0.3 is 36.6 Å². The molecule has 0 saturated carbocycles. The first-order chi connectivity index (χ1) is 26.3. The van der Waals surface area contributed by atoms with Crippen molar-refractivity contribution in [2.45, 2.75) is 174 Å². The van der Waals surface area contributed by atoms with Crippen LogP contribution in [0.25, 0.3) is 0 Å². The largest absolute Gasteiger partial charge is 0.348 e. The van der Waals surface area contributed by atoms with Gasteiger partial charge in [0.15, 0.2) is 5.78 Å². The minimum Gasteiger partial charge on any atom is -0.348 e. The van der Waals surface area contributed by atoms with Gasteiger partial charge >= 0.3 is 0 Å². The van der Waals surface area contributed by atoms with Crippen molar-refractivity contribution in [1.82, 2.24) is 46.5 Å². The lowest BCUT2D eigenvalue weighted by Gasteiger charge is -2.27. The van der Waals surface area contributed by atoms with Gasteiger partial charge in [0.05, 0.1) is 18.7 Å². The van der Waals surface area contributed by atoms with Gasteiger partial charge in [-0.05, 0) is 33.1 Å². The molecule has 0 unspecified atom stereocenters. The lowest BCUT2D eigenvalue weighted by Crippen LogP contribution is -2.59. The summed E-state index contributed by atoms with van der Waals surface area (Å²) in [4.78, 5) is 92.0. The van der Waals surface area contributed by atoms with Crippen LogP contribution in [0, 0.1) is 5.92 Å². The number of imidazole rings is 2. The van der Waals surface area contributed by atoms with Crippen LogP contribution in [0.4, 0.5) is 0 Å². The van der Waals surface area contributed by atoms with Crippen molar-refractivity contribution in [2.75, 3.05) is 0 Å². The highest BCUT2D eigenvalue weighted by atomic mass is 16.2. The van der Waals surface area contributed by atoms with E-state index in [1.165, 1.54) is 90.5 Å². The van der Waals surface area contributed by atoms with Crippen molar-refractivity contribution in [3.63, 3.8) is 0 Å². The summed E-state index contributed by atoms with van der Waals surface area (Å²) in [5.41, 5.74) is 1.22. The van der Waals surface area contributed by atoms with Gasteiger partial charge in [0.25, 0.3) is 0 Å².